The van der Waals surface area contributed by atoms with Crippen molar-refractivity contribution in [2.24, 2.45) is 0 Å². The van der Waals surface area contributed by atoms with Gasteiger partial charge in [0.25, 0.3) is 0 Å². The van der Waals surface area contributed by atoms with Gasteiger partial charge in [0.15, 0.2) is 6.61 Å². The first kappa shape index (κ1) is 20.8. The van der Waals surface area contributed by atoms with E-state index in [0.717, 1.165) is 5.56 Å². The van der Waals surface area contributed by atoms with Crippen LogP contribution < -0.4 is 9.47 Å². The molecule has 156 valence electrons. The summed E-state index contributed by atoms with van der Waals surface area (Å²) in [5.74, 6) is 1.20. The summed E-state index contributed by atoms with van der Waals surface area (Å²) >= 11 is 0. The average molecular weight is 410 g/mol. The molecule has 0 unspecified atom stereocenters. The summed E-state index contributed by atoms with van der Waals surface area (Å²) in [6.07, 6.45) is -5.27. The van der Waals surface area contributed by atoms with E-state index in [4.69, 9.17) is 9.84 Å². The van der Waals surface area contributed by atoms with Crippen LogP contribution in [-0.2, 0) is 6.54 Å². The second kappa shape index (κ2) is 9.04. The van der Waals surface area contributed by atoms with Crippen LogP contribution >= 0.6 is 0 Å². The Morgan fingerprint density at radius 1 is 0.966 bits per heavy atom. The Morgan fingerprint density at radius 2 is 1.62 bits per heavy atom. The van der Waals surface area contributed by atoms with Gasteiger partial charge in [0.2, 0.25) is 0 Å². The Labute approximate surface area is 166 Å². The average Bonchev–Trinajstić information content (AvgIpc) is 2.67. The summed E-state index contributed by atoms with van der Waals surface area (Å²) in [7, 11) is 0. The molecule has 6 nitrogen and oxygen atoms in total. The van der Waals surface area contributed by atoms with Crippen molar-refractivity contribution in [3.63, 3.8) is 0 Å². The molecular weight excluding hydrogens is 389 g/mol. The third-order valence-corrected chi connectivity index (χ3v) is 4.41. The number of carboxylic acid groups (broad SMARTS) is 1. The summed E-state index contributed by atoms with van der Waals surface area (Å²) < 4.78 is 47.0. The number of benzene rings is 2. The van der Waals surface area contributed by atoms with Crippen LogP contribution in [0.2, 0.25) is 0 Å². The first-order valence-corrected chi connectivity index (χ1v) is 9.05. The molecule has 0 atom stereocenters. The lowest BCUT2D eigenvalue weighted by Crippen LogP contribution is -2.47. The maximum absolute atomic E-state index is 12.2. The van der Waals surface area contributed by atoms with Gasteiger partial charge in [0.05, 0.1) is 0 Å². The molecule has 1 saturated heterocycles. The Bertz CT molecular complexity index is 819. The van der Waals surface area contributed by atoms with E-state index in [-0.39, 0.29) is 5.75 Å². The third-order valence-electron chi connectivity index (χ3n) is 4.41. The predicted molar refractivity (Wildman–Crippen MR) is 99.4 cm³/mol. The van der Waals surface area contributed by atoms with Crippen LogP contribution in [0.15, 0.2) is 48.5 Å². The number of piperazine rings is 1. The standard InChI is InChI=1S/C20H21F3N2O4/c21-20(22,23)14-28-16-4-6-17(7-5-16)29-18-3-1-2-15(12-18)13-24-8-10-25(11-9-24)19(26)27/h1-7,12H,8-11,13-14H2,(H,26,27). The second-order valence-electron chi connectivity index (χ2n) is 6.67. The number of ether oxygens (including phenoxy) is 2. The molecule has 3 rings (SSSR count). The Balaban J connectivity index is 1.54. The zero-order valence-corrected chi connectivity index (χ0v) is 15.6. The first-order chi connectivity index (χ1) is 13.8. The maximum atomic E-state index is 12.2. The number of alkyl halides is 3. The van der Waals surface area contributed by atoms with Gasteiger partial charge in [-0.05, 0) is 42.0 Å². The molecule has 0 saturated carbocycles. The van der Waals surface area contributed by atoms with E-state index in [9.17, 15) is 18.0 Å². The minimum Gasteiger partial charge on any atom is -0.484 e. The van der Waals surface area contributed by atoms with Gasteiger partial charge in [0, 0.05) is 32.7 Å². The zero-order chi connectivity index (χ0) is 20.9. The van der Waals surface area contributed by atoms with E-state index in [2.05, 4.69) is 9.64 Å². The molecule has 1 N–H and O–H groups in total. The highest BCUT2D eigenvalue weighted by atomic mass is 19.4. The van der Waals surface area contributed by atoms with Gasteiger partial charge in [-0.25, -0.2) is 4.79 Å². The molecule has 0 radical (unpaired) electrons. The number of amides is 1. The van der Waals surface area contributed by atoms with Gasteiger partial charge >= 0.3 is 12.3 Å². The highest BCUT2D eigenvalue weighted by Crippen LogP contribution is 2.26. The number of nitrogens with zero attached hydrogens (tertiary/aromatic N) is 2. The molecule has 0 bridgehead atoms. The van der Waals surface area contributed by atoms with Gasteiger partial charge in [0.1, 0.15) is 17.2 Å². The largest absolute Gasteiger partial charge is 0.484 e. The molecule has 0 aliphatic carbocycles. The summed E-state index contributed by atoms with van der Waals surface area (Å²) in [4.78, 5) is 14.5. The Kier molecular flexibility index (Phi) is 6.48. The van der Waals surface area contributed by atoms with E-state index < -0.39 is 18.9 Å². The molecule has 2 aromatic rings. The second-order valence-corrected chi connectivity index (χ2v) is 6.67. The topological polar surface area (TPSA) is 62.2 Å². The van der Waals surface area contributed by atoms with E-state index >= 15 is 0 Å². The van der Waals surface area contributed by atoms with E-state index in [1.807, 2.05) is 18.2 Å². The smallest absolute Gasteiger partial charge is 0.422 e. The molecule has 29 heavy (non-hydrogen) atoms. The first-order valence-electron chi connectivity index (χ1n) is 9.05. The van der Waals surface area contributed by atoms with Gasteiger partial charge < -0.3 is 19.5 Å². The van der Waals surface area contributed by atoms with Crippen molar-refractivity contribution in [1.82, 2.24) is 9.80 Å². The molecule has 2 aromatic carbocycles. The highest BCUT2D eigenvalue weighted by Gasteiger charge is 2.28. The van der Waals surface area contributed by atoms with Crippen molar-refractivity contribution >= 4 is 6.09 Å². The van der Waals surface area contributed by atoms with E-state index in [1.165, 1.54) is 17.0 Å². The van der Waals surface area contributed by atoms with Crippen LogP contribution in [0.3, 0.4) is 0 Å². The molecular formula is C20H21F3N2O4. The molecule has 1 aliphatic heterocycles. The van der Waals surface area contributed by atoms with E-state index in [0.29, 0.717) is 44.2 Å². The lowest BCUT2D eigenvalue weighted by Gasteiger charge is -2.33. The summed E-state index contributed by atoms with van der Waals surface area (Å²) in [6.45, 7) is 1.63. The number of hydrogen-bond donors (Lipinski definition) is 1. The summed E-state index contributed by atoms with van der Waals surface area (Å²) in [5, 5.41) is 9.01. The van der Waals surface area contributed by atoms with Gasteiger partial charge in [-0.3, -0.25) is 4.90 Å². The number of hydrogen-bond acceptors (Lipinski definition) is 4. The van der Waals surface area contributed by atoms with Crippen molar-refractivity contribution in [3.05, 3.63) is 54.1 Å². The van der Waals surface area contributed by atoms with Gasteiger partial charge in [-0.1, -0.05) is 12.1 Å². The fourth-order valence-corrected chi connectivity index (χ4v) is 2.97. The molecule has 1 aliphatic rings. The highest BCUT2D eigenvalue weighted by molar-refractivity contribution is 5.65. The summed E-state index contributed by atoms with van der Waals surface area (Å²) in [5.41, 5.74) is 1.02. The van der Waals surface area contributed by atoms with Crippen molar-refractivity contribution in [3.8, 4) is 17.2 Å². The molecule has 1 amide bonds. The van der Waals surface area contributed by atoms with E-state index in [1.54, 1.807) is 18.2 Å². The lowest BCUT2D eigenvalue weighted by atomic mass is 10.2. The summed E-state index contributed by atoms with van der Waals surface area (Å²) in [6, 6.07) is 13.4. The van der Waals surface area contributed by atoms with Crippen LogP contribution in [0.5, 0.6) is 17.2 Å². The van der Waals surface area contributed by atoms with Gasteiger partial charge in [-0.2, -0.15) is 13.2 Å². The normalized spacial score (nSPS) is 15.2. The SMILES string of the molecule is O=C(O)N1CCN(Cc2cccc(Oc3ccc(OCC(F)(F)F)cc3)c2)CC1. The van der Waals surface area contributed by atoms with Crippen LogP contribution in [0.4, 0.5) is 18.0 Å². The number of rotatable bonds is 6. The molecule has 1 heterocycles. The van der Waals surface area contributed by atoms with Gasteiger partial charge in [-0.15, -0.1) is 0 Å². The zero-order valence-electron chi connectivity index (χ0n) is 15.6. The molecule has 1 fully saturated rings. The van der Waals surface area contributed by atoms with Crippen molar-refractivity contribution in [2.45, 2.75) is 12.7 Å². The van der Waals surface area contributed by atoms with Crippen LogP contribution in [0, 0.1) is 0 Å². The predicted octanol–water partition coefficient (Wildman–Crippen LogP) is 4.22. The number of carbonyl (C=O) groups is 1. The quantitative estimate of drug-likeness (QED) is 0.773. The fourth-order valence-electron chi connectivity index (χ4n) is 2.97. The Morgan fingerprint density at radius 3 is 2.24 bits per heavy atom. The van der Waals surface area contributed by atoms with Crippen LogP contribution in [-0.4, -0.2) is 60.0 Å². The van der Waals surface area contributed by atoms with Crippen molar-refractivity contribution in [1.29, 1.82) is 0 Å². The molecule has 9 heteroatoms. The minimum atomic E-state index is -4.38. The Hall–Kier alpha value is -2.94. The van der Waals surface area contributed by atoms with Crippen molar-refractivity contribution in [2.75, 3.05) is 32.8 Å². The maximum Gasteiger partial charge on any atom is 0.422 e. The molecule has 0 spiro atoms. The van der Waals surface area contributed by atoms with Crippen molar-refractivity contribution < 1.29 is 32.5 Å². The third kappa shape index (κ3) is 6.56. The van der Waals surface area contributed by atoms with Crippen LogP contribution in [0.25, 0.3) is 0 Å². The fraction of sp³-hybridized carbons (Fsp3) is 0.350. The lowest BCUT2D eigenvalue weighted by molar-refractivity contribution is -0.153. The molecule has 0 aromatic heterocycles. The van der Waals surface area contributed by atoms with Crippen LogP contribution in [0.1, 0.15) is 5.56 Å². The monoisotopic (exact) mass is 410 g/mol. The number of halogens is 3. The minimum absolute atomic E-state index is 0.115.